The minimum atomic E-state index is -0.239. The Bertz CT molecular complexity index is 491. The number of thiophene rings is 1. The van der Waals surface area contributed by atoms with E-state index in [-0.39, 0.29) is 5.69 Å². The van der Waals surface area contributed by atoms with Gasteiger partial charge in [-0.05, 0) is 18.2 Å². The molecule has 0 aromatic carbocycles. The number of rotatable bonds is 2. The highest BCUT2D eigenvalue weighted by atomic mass is 35.5. The summed E-state index contributed by atoms with van der Waals surface area (Å²) in [6, 6.07) is 5.46. The molecule has 0 aliphatic rings. The zero-order valence-corrected chi connectivity index (χ0v) is 8.76. The van der Waals surface area contributed by atoms with Crippen molar-refractivity contribution in [3.05, 3.63) is 50.3 Å². The van der Waals surface area contributed by atoms with Gasteiger partial charge < -0.3 is 0 Å². The topological polar surface area (TPSA) is 34.9 Å². The Kier molecular flexibility index (Phi) is 2.65. The average Bonchev–Trinajstić information content (AvgIpc) is 2.56. The lowest BCUT2D eigenvalue weighted by Gasteiger charge is -2.00. The van der Waals surface area contributed by atoms with Crippen LogP contribution in [0, 0.1) is 0 Å². The zero-order chi connectivity index (χ0) is 9.97. The Balaban J connectivity index is 2.27. The fourth-order valence-corrected chi connectivity index (χ4v) is 2.20. The van der Waals surface area contributed by atoms with E-state index in [4.69, 9.17) is 11.6 Å². The van der Waals surface area contributed by atoms with Gasteiger partial charge in [0, 0.05) is 17.3 Å². The summed E-state index contributed by atoms with van der Waals surface area (Å²) in [5.41, 5.74) is -0.239. The lowest BCUT2D eigenvalue weighted by molar-refractivity contribution is 0.735. The van der Waals surface area contributed by atoms with E-state index in [1.165, 1.54) is 17.5 Å². The van der Waals surface area contributed by atoms with Gasteiger partial charge in [0.2, 0.25) is 0 Å². The first kappa shape index (κ1) is 9.43. The zero-order valence-electron chi connectivity index (χ0n) is 7.18. The summed E-state index contributed by atoms with van der Waals surface area (Å²) in [5.74, 6) is 0. The second kappa shape index (κ2) is 3.94. The molecule has 0 spiro atoms. The third kappa shape index (κ3) is 2.02. The van der Waals surface area contributed by atoms with Crippen molar-refractivity contribution < 1.29 is 0 Å². The maximum Gasteiger partial charge on any atom is 0.347 e. The third-order valence-corrected chi connectivity index (χ3v) is 2.95. The molecule has 2 heterocycles. The van der Waals surface area contributed by atoms with Crippen LogP contribution in [0.25, 0.3) is 0 Å². The Labute approximate surface area is 89.6 Å². The van der Waals surface area contributed by atoms with E-state index >= 15 is 0 Å². The largest absolute Gasteiger partial charge is 0.347 e. The van der Waals surface area contributed by atoms with Crippen LogP contribution in [0.2, 0.25) is 4.34 Å². The number of hydrogen-bond donors (Lipinski definition) is 0. The van der Waals surface area contributed by atoms with Crippen LogP contribution in [0.15, 0.2) is 35.4 Å². The van der Waals surface area contributed by atoms with Crippen LogP contribution in [0.3, 0.4) is 0 Å². The minimum absolute atomic E-state index is 0.239. The molecule has 14 heavy (non-hydrogen) atoms. The first-order chi connectivity index (χ1) is 6.75. The van der Waals surface area contributed by atoms with Gasteiger partial charge in [-0.15, -0.1) is 11.3 Å². The summed E-state index contributed by atoms with van der Waals surface area (Å²) in [5, 5.41) is 0. The highest BCUT2D eigenvalue weighted by molar-refractivity contribution is 7.16. The summed E-state index contributed by atoms with van der Waals surface area (Å²) < 4.78 is 2.28. The molecule has 2 rings (SSSR count). The van der Waals surface area contributed by atoms with Crippen LogP contribution in [0.1, 0.15) is 4.88 Å². The van der Waals surface area contributed by atoms with E-state index in [2.05, 4.69) is 4.98 Å². The van der Waals surface area contributed by atoms with Crippen molar-refractivity contribution in [3.63, 3.8) is 0 Å². The van der Waals surface area contributed by atoms with E-state index in [9.17, 15) is 4.79 Å². The van der Waals surface area contributed by atoms with Crippen LogP contribution < -0.4 is 5.69 Å². The lowest BCUT2D eigenvalue weighted by atomic mass is 10.4. The Morgan fingerprint density at radius 1 is 1.50 bits per heavy atom. The average molecular weight is 227 g/mol. The molecule has 0 N–H and O–H groups in total. The van der Waals surface area contributed by atoms with Crippen molar-refractivity contribution in [2.75, 3.05) is 0 Å². The second-order valence-electron chi connectivity index (χ2n) is 2.74. The number of nitrogens with zero attached hydrogens (tertiary/aromatic N) is 2. The molecule has 3 nitrogen and oxygen atoms in total. The van der Waals surface area contributed by atoms with Gasteiger partial charge in [0.05, 0.1) is 10.9 Å². The van der Waals surface area contributed by atoms with Crippen molar-refractivity contribution in [2.24, 2.45) is 0 Å². The molecule has 0 aliphatic carbocycles. The molecule has 0 fully saturated rings. The molecule has 0 saturated heterocycles. The monoisotopic (exact) mass is 226 g/mol. The first-order valence-electron chi connectivity index (χ1n) is 4.01. The van der Waals surface area contributed by atoms with E-state index < -0.39 is 0 Å². The Morgan fingerprint density at radius 2 is 2.36 bits per heavy atom. The van der Waals surface area contributed by atoms with Crippen LogP contribution in [-0.4, -0.2) is 9.55 Å². The fraction of sp³-hybridized carbons (Fsp3) is 0.111. The maximum atomic E-state index is 11.3. The van der Waals surface area contributed by atoms with Gasteiger partial charge in [0.1, 0.15) is 0 Å². The minimum Gasteiger partial charge on any atom is -0.294 e. The van der Waals surface area contributed by atoms with E-state index in [1.807, 2.05) is 12.1 Å². The number of hydrogen-bond acceptors (Lipinski definition) is 3. The second-order valence-corrected chi connectivity index (χ2v) is 4.54. The van der Waals surface area contributed by atoms with Crippen LogP contribution in [0.5, 0.6) is 0 Å². The predicted molar refractivity (Wildman–Crippen MR) is 56.9 cm³/mol. The van der Waals surface area contributed by atoms with Crippen molar-refractivity contribution in [1.29, 1.82) is 0 Å². The number of aromatic nitrogens is 2. The molecule has 0 aliphatic heterocycles. The van der Waals surface area contributed by atoms with Gasteiger partial charge in [-0.2, -0.15) is 0 Å². The molecule has 0 bridgehead atoms. The molecule has 5 heteroatoms. The maximum absolute atomic E-state index is 11.3. The molecule has 0 amide bonds. The lowest BCUT2D eigenvalue weighted by Crippen LogP contribution is -2.21. The third-order valence-electron chi connectivity index (χ3n) is 1.74. The van der Waals surface area contributed by atoms with Crippen molar-refractivity contribution in [2.45, 2.75) is 6.54 Å². The summed E-state index contributed by atoms with van der Waals surface area (Å²) in [7, 11) is 0. The summed E-state index contributed by atoms with van der Waals surface area (Å²) in [4.78, 5) is 16.0. The molecule has 2 aromatic rings. The molecule has 72 valence electrons. The van der Waals surface area contributed by atoms with E-state index in [0.29, 0.717) is 6.54 Å². The predicted octanol–water partition coefficient (Wildman–Crippen LogP) is 2.01. The standard InChI is InChI=1S/C9H7ClN2OS/c10-8-3-2-7(14-8)6-12-5-1-4-11-9(12)13/h1-5H,6H2. The molecular formula is C9H7ClN2OS. The highest BCUT2D eigenvalue weighted by Gasteiger charge is 2.00. The summed E-state index contributed by atoms with van der Waals surface area (Å²) >= 11 is 7.25. The van der Waals surface area contributed by atoms with Crippen molar-refractivity contribution >= 4 is 22.9 Å². The van der Waals surface area contributed by atoms with E-state index in [1.54, 1.807) is 16.8 Å². The highest BCUT2D eigenvalue weighted by Crippen LogP contribution is 2.21. The van der Waals surface area contributed by atoms with Gasteiger partial charge >= 0.3 is 5.69 Å². The quantitative estimate of drug-likeness (QED) is 0.785. The van der Waals surface area contributed by atoms with Crippen LogP contribution in [0.4, 0.5) is 0 Å². The molecule has 0 unspecified atom stereocenters. The first-order valence-corrected chi connectivity index (χ1v) is 5.21. The smallest absolute Gasteiger partial charge is 0.294 e. The van der Waals surface area contributed by atoms with Crippen LogP contribution >= 0.6 is 22.9 Å². The Hall–Kier alpha value is -1.13. The van der Waals surface area contributed by atoms with Crippen LogP contribution in [-0.2, 0) is 6.54 Å². The molecule has 0 atom stereocenters. The summed E-state index contributed by atoms with van der Waals surface area (Å²) in [6.45, 7) is 0.532. The van der Waals surface area contributed by atoms with Gasteiger partial charge in [0.25, 0.3) is 0 Å². The van der Waals surface area contributed by atoms with Gasteiger partial charge in [0.15, 0.2) is 0 Å². The van der Waals surface area contributed by atoms with E-state index in [0.717, 1.165) is 9.21 Å². The molecule has 0 saturated carbocycles. The SMILES string of the molecule is O=c1ncccn1Cc1ccc(Cl)s1. The van der Waals surface area contributed by atoms with Gasteiger partial charge in [-0.25, -0.2) is 9.78 Å². The molecular weight excluding hydrogens is 220 g/mol. The normalized spacial score (nSPS) is 10.4. The Morgan fingerprint density at radius 3 is 3.00 bits per heavy atom. The van der Waals surface area contributed by atoms with Gasteiger partial charge in [-0.1, -0.05) is 11.6 Å². The fourth-order valence-electron chi connectivity index (χ4n) is 1.11. The number of halogens is 1. The van der Waals surface area contributed by atoms with Gasteiger partial charge in [-0.3, -0.25) is 4.57 Å². The van der Waals surface area contributed by atoms with Crippen molar-refractivity contribution in [1.82, 2.24) is 9.55 Å². The molecule has 2 aromatic heterocycles. The molecule has 0 radical (unpaired) electrons. The summed E-state index contributed by atoms with van der Waals surface area (Å²) in [6.07, 6.45) is 3.20. The van der Waals surface area contributed by atoms with Crippen molar-refractivity contribution in [3.8, 4) is 0 Å².